The zero-order valence-electron chi connectivity index (χ0n) is 12.9. The van der Waals surface area contributed by atoms with Crippen molar-refractivity contribution in [3.63, 3.8) is 0 Å². The molecule has 2 aromatic rings. The smallest absolute Gasteiger partial charge is 0.0346 e. The number of nitrogens with one attached hydrogen (secondary N) is 1. The minimum Gasteiger partial charge on any atom is -0.310 e. The van der Waals surface area contributed by atoms with Gasteiger partial charge in [-0.25, -0.2) is 0 Å². The van der Waals surface area contributed by atoms with Crippen molar-refractivity contribution >= 4 is 10.8 Å². The molecule has 0 bridgehead atoms. The average Bonchev–Trinajstić information content (AvgIpc) is 2.44. The minimum atomic E-state index is 0.575. The van der Waals surface area contributed by atoms with Crippen LogP contribution in [0.5, 0.6) is 0 Å². The molecule has 1 N–H and O–H groups in total. The Kier molecular flexibility index (Phi) is 5.54. The van der Waals surface area contributed by atoms with Crippen LogP contribution >= 0.6 is 0 Å². The first-order chi connectivity index (χ1) is 9.66. The van der Waals surface area contributed by atoms with Gasteiger partial charge >= 0.3 is 0 Å². The number of hydrogen-bond donors (Lipinski definition) is 1. The summed E-state index contributed by atoms with van der Waals surface area (Å²) in [4.78, 5) is 4.19. The first kappa shape index (κ1) is 15.0. The lowest BCUT2D eigenvalue weighted by Gasteiger charge is -2.15. The zero-order chi connectivity index (χ0) is 14.4. The SMILES string of the molecule is CC(C)CCCC(C)NCc1cccc2cnccc12. The third-order valence-electron chi connectivity index (χ3n) is 3.83. The van der Waals surface area contributed by atoms with E-state index in [4.69, 9.17) is 0 Å². The average molecular weight is 270 g/mol. The molecule has 0 spiro atoms. The zero-order valence-corrected chi connectivity index (χ0v) is 12.9. The first-order valence-corrected chi connectivity index (χ1v) is 7.72. The Morgan fingerprint density at radius 1 is 1.10 bits per heavy atom. The third-order valence-corrected chi connectivity index (χ3v) is 3.83. The molecule has 0 aliphatic rings. The van der Waals surface area contributed by atoms with E-state index in [1.54, 1.807) is 0 Å². The summed E-state index contributed by atoms with van der Waals surface area (Å²) in [6.45, 7) is 7.81. The van der Waals surface area contributed by atoms with E-state index in [0.29, 0.717) is 6.04 Å². The number of fused-ring (bicyclic) bond motifs is 1. The van der Waals surface area contributed by atoms with Crippen LogP contribution in [0, 0.1) is 5.92 Å². The minimum absolute atomic E-state index is 0.575. The molecule has 0 amide bonds. The van der Waals surface area contributed by atoms with E-state index in [0.717, 1.165) is 12.5 Å². The summed E-state index contributed by atoms with van der Waals surface area (Å²) in [5, 5.41) is 6.18. The molecule has 2 rings (SSSR count). The molecule has 0 saturated carbocycles. The molecule has 1 aromatic heterocycles. The number of rotatable bonds is 7. The van der Waals surface area contributed by atoms with E-state index in [9.17, 15) is 0 Å². The normalized spacial score (nSPS) is 13.0. The van der Waals surface area contributed by atoms with Crippen molar-refractivity contribution in [1.82, 2.24) is 10.3 Å². The Hall–Kier alpha value is -1.41. The van der Waals surface area contributed by atoms with Crippen LogP contribution in [0.1, 0.15) is 45.6 Å². The van der Waals surface area contributed by atoms with Gasteiger partial charge in [-0.1, -0.05) is 44.9 Å². The molecule has 0 aliphatic carbocycles. The molecule has 1 aromatic carbocycles. The number of benzene rings is 1. The molecule has 2 nitrogen and oxygen atoms in total. The number of nitrogens with zero attached hydrogens (tertiary/aromatic N) is 1. The van der Waals surface area contributed by atoms with E-state index in [-0.39, 0.29) is 0 Å². The van der Waals surface area contributed by atoms with Crippen LogP contribution in [-0.4, -0.2) is 11.0 Å². The van der Waals surface area contributed by atoms with Crippen molar-refractivity contribution in [2.45, 2.75) is 52.6 Å². The van der Waals surface area contributed by atoms with E-state index >= 15 is 0 Å². The summed E-state index contributed by atoms with van der Waals surface area (Å²) < 4.78 is 0. The summed E-state index contributed by atoms with van der Waals surface area (Å²) in [7, 11) is 0. The first-order valence-electron chi connectivity index (χ1n) is 7.72. The fraction of sp³-hybridized carbons (Fsp3) is 0.500. The molecule has 1 heterocycles. The number of pyridine rings is 1. The van der Waals surface area contributed by atoms with Crippen LogP contribution in [0.25, 0.3) is 10.8 Å². The fourth-order valence-electron chi connectivity index (χ4n) is 2.56. The molecule has 108 valence electrons. The van der Waals surface area contributed by atoms with Gasteiger partial charge in [0.1, 0.15) is 0 Å². The van der Waals surface area contributed by atoms with Crippen LogP contribution in [0.15, 0.2) is 36.7 Å². The maximum absolute atomic E-state index is 4.19. The van der Waals surface area contributed by atoms with E-state index in [1.165, 1.54) is 35.6 Å². The lowest BCUT2D eigenvalue weighted by atomic mass is 10.0. The van der Waals surface area contributed by atoms with Crippen molar-refractivity contribution in [2.24, 2.45) is 5.92 Å². The second-order valence-electron chi connectivity index (χ2n) is 6.12. The van der Waals surface area contributed by atoms with Gasteiger partial charge in [-0.2, -0.15) is 0 Å². The summed E-state index contributed by atoms with van der Waals surface area (Å²) in [6, 6.07) is 9.12. The molecular weight excluding hydrogens is 244 g/mol. The van der Waals surface area contributed by atoms with Gasteiger partial charge in [0, 0.05) is 30.4 Å². The topological polar surface area (TPSA) is 24.9 Å². The van der Waals surface area contributed by atoms with Crippen molar-refractivity contribution in [3.05, 3.63) is 42.2 Å². The molecule has 0 saturated heterocycles. The standard InChI is InChI=1S/C18H26N2/c1-14(2)6-4-7-15(3)20-13-17-9-5-8-16-12-19-11-10-18(16)17/h5,8-12,14-15,20H,4,6-7,13H2,1-3H3. The highest BCUT2D eigenvalue weighted by Crippen LogP contribution is 2.17. The highest BCUT2D eigenvalue weighted by molar-refractivity contribution is 5.84. The predicted molar refractivity (Wildman–Crippen MR) is 86.7 cm³/mol. The van der Waals surface area contributed by atoms with Crippen LogP contribution in [0.4, 0.5) is 0 Å². The largest absolute Gasteiger partial charge is 0.310 e. The molecule has 0 fully saturated rings. The lowest BCUT2D eigenvalue weighted by Crippen LogP contribution is -2.25. The Morgan fingerprint density at radius 2 is 1.95 bits per heavy atom. The maximum atomic E-state index is 4.19. The van der Waals surface area contributed by atoms with E-state index in [1.807, 2.05) is 12.4 Å². The maximum Gasteiger partial charge on any atom is 0.0346 e. The van der Waals surface area contributed by atoms with Crippen LogP contribution in [0.2, 0.25) is 0 Å². The Labute approximate surface area is 122 Å². The third kappa shape index (κ3) is 4.31. The number of aromatic nitrogens is 1. The van der Waals surface area contributed by atoms with Gasteiger partial charge in [-0.05, 0) is 36.3 Å². The van der Waals surface area contributed by atoms with E-state index < -0.39 is 0 Å². The summed E-state index contributed by atoms with van der Waals surface area (Å²) in [5.41, 5.74) is 1.36. The van der Waals surface area contributed by atoms with Gasteiger partial charge in [-0.3, -0.25) is 4.98 Å². The lowest BCUT2D eigenvalue weighted by molar-refractivity contribution is 0.457. The van der Waals surface area contributed by atoms with Gasteiger partial charge in [0.25, 0.3) is 0 Å². The summed E-state index contributed by atoms with van der Waals surface area (Å²) >= 11 is 0. The number of hydrogen-bond acceptors (Lipinski definition) is 2. The molecule has 20 heavy (non-hydrogen) atoms. The second-order valence-corrected chi connectivity index (χ2v) is 6.12. The van der Waals surface area contributed by atoms with Gasteiger partial charge in [0.05, 0.1) is 0 Å². The van der Waals surface area contributed by atoms with Crippen LogP contribution < -0.4 is 5.32 Å². The molecule has 0 radical (unpaired) electrons. The Balaban J connectivity index is 1.89. The van der Waals surface area contributed by atoms with Gasteiger partial charge in [0.15, 0.2) is 0 Å². The Morgan fingerprint density at radius 3 is 2.75 bits per heavy atom. The molecule has 1 atom stereocenters. The molecule has 0 aliphatic heterocycles. The van der Waals surface area contributed by atoms with Crippen LogP contribution in [-0.2, 0) is 6.54 Å². The van der Waals surface area contributed by atoms with Crippen molar-refractivity contribution in [2.75, 3.05) is 0 Å². The Bertz CT molecular complexity index is 528. The molecular formula is C18H26N2. The van der Waals surface area contributed by atoms with E-state index in [2.05, 4.69) is 55.3 Å². The highest BCUT2D eigenvalue weighted by Gasteiger charge is 2.05. The van der Waals surface area contributed by atoms with Crippen molar-refractivity contribution in [1.29, 1.82) is 0 Å². The fourth-order valence-corrected chi connectivity index (χ4v) is 2.56. The molecule has 2 heteroatoms. The van der Waals surface area contributed by atoms with Crippen LogP contribution in [0.3, 0.4) is 0 Å². The molecule has 1 unspecified atom stereocenters. The van der Waals surface area contributed by atoms with Crippen molar-refractivity contribution in [3.8, 4) is 0 Å². The van der Waals surface area contributed by atoms with Gasteiger partial charge < -0.3 is 5.32 Å². The summed E-state index contributed by atoms with van der Waals surface area (Å²) in [5.74, 6) is 0.813. The summed E-state index contributed by atoms with van der Waals surface area (Å²) in [6.07, 6.45) is 7.70. The predicted octanol–water partition coefficient (Wildman–Crippen LogP) is 4.54. The van der Waals surface area contributed by atoms with Gasteiger partial charge in [0.2, 0.25) is 0 Å². The monoisotopic (exact) mass is 270 g/mol. The quantitative estimate of drug-likeness (QED) is 0.799. The highest BCUT2D eigenvalue weighted by atomic mass is 14.9. The van der Waals surface area contributed by atoms with Crippen molar-refractivity contribution < 1.29 is 0 Å². The van der Waals surface area contributed by atoms with Gasteiger partial charge in [-0.15, -0.1) is 0 Å². The second kappa shape index (κ2) is 7.39.